The molecule has 0 N–H and O–H groups in total. The van der Waals surface area contributed by atoms with Crippen LogP contribution >= 0.6 is 0 Å². The van der Waals surface area contributed by atoms with Gasteiger partial charge in [0, 0.05) is 0 Å². The van der Waals surface area contributed by atoms with Crippen molar-refractivity contribution in [1.82, 2.24) is 0 Å². The first-order valence-electron chi connectivity index (χ1n) is 11.8. The van der Waals surface area contributed by atoms with Gasteiger partial charge in [-0.1, -0.05) is 39.2 Å². The van der Waals surface area contributed by atoms with Gasteiger partial charge in [-0.15, -0.1) is 0 Å². The molecule has 0 spiro atoms. The van der Waals surface area contributed by atoms with E-state index in [9.17, 15) is 13.2 Å². The maximum atomic E-state index is 12.9. The summed E-state index contributed by atoms with van der Waals surface area (Å²) in [6, 6.07) is 0. The van der Waals surface area contributed by atoms with E-state index in [0.717, 1.165) is 30.6 Å². The average molecular weight is 413 g/mol. The molecule has 8 atom stereocenters. The van der Waals surface area contributed by atoms with E-state index in [0.29, 0.717) is 17.3 Å². The molecule has 0 aromatic rings. The van der Waals surface area contributed by atoms with Crippen molar-refractivity contribution < 1.29 is 17.9 Å². The fourth-order valence-electron chi connectivity index (χ4n) is 8.74. The topological polar surface area (TPSA) is 9.23 Å². The minimum Gasteiger partial charge on any atom is -0.364 e. The summed E-state index contributed by atoms with van der Waals surface area (Å²) in [6.45, 7) is 10.4. The van der Waals surface area contributed by atoms with Crippen LogP contribution in [0, 0.1) is 40.4 Å². The van der Waals surface area contributed by atoms with Gasteiger partial charge in [-0.2, -0.15) is 13.2 Å². The Hall–Kier alpha value is -0.510. The summed E-state index contributed by atoms with van der Waals surface area (Å²) in [5.41, 5.74) is 2.88. The Bertz CT molecular complexity index is 663. The minimum absolute atomic E-state index is 0.0838. The number of ether oxygens (including phenoxy) is 1. The zero-order valence-corrected chi connectivity index (χ0v) is 18.9. The Morgan fingerprint density at radius 1 is 0.966 bits per heavy atom. The van der Waals surface area contributed by atoms with Gasteiger partial charge in [-0.05, 0) is 98.4 Å². The van der Waals surface area contributed by atoms with E-state index in [4.69, 9.17) is 4.74 Å². The molecule has 0 aromatic heterocycles. The molecule has 4 rings (SSSR count). The summed E-state index contributed by atoms with van der Waals surface area (Å²) in [5.74, 6) is 3.40. The average Bonchev–Trinajstić information content (AvgIpc) is 2.92. The first-order chi connectivity index (χ1) is 13.5. The van der Waals surface area contributed by atoms with Crippen LogP contribution in [-0.4, -0.2) is 18.9 Å². The second-order valence-electron chi connectivity index (χ2n) is 11.5. The van der Waals surface area contributed by atoms with Crippen molar-refractivity contribution in [3.8, 4) is 0 Å². The van der Waals surface area contributed by atoms with Crippen LogP contribution in [0.3, 0.4) is 0 Å². The lowest BCUT2D eigenvalue weighted by Gasteiger charge is -2.62. The van der Waals surface area contributed by atoms with Crippen molar-refractivity contribution in [1.29, 1.82) is 0 Å². The van der Waals surface area contributed by atoms with Crippen LogP contribution in [-0.2, 0) is 4.74 Å². The lowest BCUT2D eigenvalue weighted by Crippen LogP contribution is -2.54. The van der Waals surface area contributed by atoms with Crippen LogP contribution in [0.5, 0.6) is 0 Å². The predicted octanol–water partition coefficient (Wildman–Crippen LogP) is 7.56. The van der Waals surface area contributed by atoms with Gasteiger partial charge in [-0.25, -0.2) is 0 Å². The molecule has 7 unspecified atom stereocenters. The molecule has 0 bridgehead atoms. The van der Waals surface area contributed by atoms with Gasteiger partial charge in [0.05, 0.1) is 6.10 Å². The van der Waals surface area contributed by atoms with E-state index in [2.05, 4.69) is 34.6 Å². The van der Waals surface area contributed by atoms with E-state index < -0.39 is 12.8 Å². The van der Waals surface area contributed by atoms with Crippen molar-refractivity contribution in [2.24, 2.45) is 40.4 Å². The highest BCUT2D eigenvalue weighted by Gasteiger charge is 2.62. The number of halogens is 3. The third-order valence-electron chi connectivity index (χ3n) is 9.81. The molecule has 4 saturated carbocycles. The van der Waals surface area contributed by atoms with Crippen LogP contribution in [0.15, 0.2) is 11.1 Å². The number of allylic oxidation sites excluding steroid dienone is 1. The van der Waals surface area contributed by atoms with E-state index in [1.165, 1.54) is 49.7 Å². The third-order valence-corrected chi connectivity index (χ3v) is 9.81. The van der Waals surface area contributed by atoms with E-state index in [1.54, 1.807) is 0 Å². The molecule has 4 aliphatic carbocycles. The molecule has 4 aliphatic rings. The van der Waals surface area contributed by atoms with Gasteiger partial charge < -0.3 is 4.74 Å². The summed E-state index contributed by atoms with van der Waals surface area (Å²) in [5, 5.41) is 0. The van der Waals surface area contributed by atoms with Crippen LogP contribution in [0.1, 0.15) is 86.0 Å². The Morgan fingerprint density at radius 2 is 1.59 bits per heavy atom. The molecule has 166 valence electrons. The predicted molar refractivity (Wildman–Crippen MR) is 110 cm³/mol. The molecule has 0 aliphatic heterocycles. The largest absolute Gasteiger partial charge is 0.411 e. The fraction of sp³-hybridized carbons (Fsp3) is 0.920. The van der Waals surface area contributed by atoms with Crippen molar-refractivity contribution in [3.63, 3.8) is 0 Å². The Morgan fingerprint density at radius 3 is 2.24 bits per heavy atom. The monoisotopic (exact) mass is 412 g/mol. The summed E-state index contributed by atoms with van der Waals surface area (Å²) in [6.07, 6.45) is 5.14. The smallest absolute Gasteiger partial charge is 0.364 e. The number of rotatable bonds is 2. The fourth-order valence-corrected chi connectivity index (χ4v) is 8.74. The van der Waals surface area contributed by atoms with Gasteiger partial charge >= 0.3 is 6.18 Å². The van der Waals surface area contributed by atoms with E-state index in [1.807, 2.05) is 0 Å². The van der Waals surface area contributed by atoms with Crippen LogP contribution in [0.4, 0.5) is 13.2 Å². The lowest BCUT2D eigenvalue weighted by molar-refractivity contribution is -0.183. The van der Waals surface area contributed by atoms with Crippen molar-refractivity contribution in [3.05, 3.63) is 11.1 Å². The highest BCUT2D eigenvalue weighted by molar-refractivity contribution is 5.30. The number of fused-ring (bicyclic) bond motifs is 5. The molecule has 29 heavy (non-hydrogen) atoms. The van der Waals surface area contributed by atoms with E-state index >= 15 is 0 Å². The summed E-state index contributed by atoms with van der Waals surface area (Å²) in [4.78, 5) is 0. The molecule has 0 aromatic carbocycles. The Balaban J connectivity index is 1.63. The second kappa shape index (κ2) is 7.28. The van der Waals surface area contributed by atoms with Gasteiger partial charge in [0.15, 0.2) is 0 Å². The maximum Gasteiger partial charge on any atom is 0.411 e. The summed E-state index contributed by atoms with van der Waals surface area (Å²) >= 11 is 0. The van der Waals surface area contributed by atoms with Crippen LogP contribution < -0.4 is 0 Å². The molecule has 4 fully saturated rings. The normalized spacial score (nSPS) is 47.4. The quantitative estimate of drug-likeness (QED) is 0.425. The second-order valence-corrected chi connectivity index (χ2v) is 11.5. The zero-order chi connectivity index (χ0) is 21.2. The van der Waals surface area contributed by atoms with Gasteiger partial charge in [-0.3, -0.25) is 0 Å². The Labute approximate surface area is 174 Å². The molecule has 4 heteroatoms. The highest BCUT2D eigenvalue weighted by Crippen LogP contribution is 2.69. The van der Waals surface area contributed by atoms with Gasteiger partial charge in [0.25, 0.3) is 0 Å². The zero-order valence-electron chi connectivity index (χ0n) is 18.9. The summed E-state index contributed by atoms with van der Waals surface area (Å²) < 4.78 is 44.3. The molecule has 0 saturated heterocycles. The highest BCUT2D eigenvalue weighted by atomic mass is 19.4. The van der Waals surface area contributed by atoms with Crippen LogP contribution in [0.25, 0.3) is 0 Å². The van der Waals surface area contributed by atoms with Crippen molar-refractivity contribution in [2.75, 3.05) is 6.61 Å². The first kappa shape index (κ1) is 21.7. The van der Waals surface area contributed by atoms with Crippen molar-refractivity contribution >= 4 is 0 Å². The maximum absolute atomic E-state index is 12.9. The standard InChI is InChI=1S/C25H39F3O/c1-15(2)22-20-11-10-18-19(9-8-17-16(3)7-6-12-23(17,18)4)24(20,5)13-21(22)29-14-25(26,27)28/h16-21H,6-14H2,1-5H3/t16-,17?,18?,19?,20?,21?,23?,24?/m1/s1. The van der Waals surface area contributed by atoms with E-state index in [-0.39, 0.29) is 11.5 Å². The molecule has 0 heterocycles. The minimum atomic E-state index is -4.26. The van der Waals surface area contributed by atoms with Crippen LogP contribution in [0.2, 0.25) is 0 Å². The van der Waals surface area contributed by atoms with Crippen molar-refractivity contribution in [2.45, 2.75) is 98.3 Å². The molecule has 1 nitrogen and oxygen atoms in total. The molecular formula is C25H39F3O. The Kier molecular flexibility index (Phi) is 5.45. The third kappa shape index (κ3) is 3.49. The van der Waals surface area contributed by atoms with Gasteiger partial charge in [0.1, 0.15) is 6.61 Å². The molecular weight excluding hydrogens is 373 g/mol. The number of alkyl halides is 3. The van der Waals surface area contributed by atoms with Gasteiger partial charge in [0.2, 0.25) is 0 Å². The first-order valence-corrected chi connectivity index (χ1v) is 11.8. The number of hydrogen-bond donors (Lipinski definition) is 0. The molecule has 0 amide bonds. The number of hydrogen-bond acceptors (Lipinski definition) is 1. The molecule has 0 radical (unpaired) electrons. The summed E-state index contributed by atoms with van der Waals surface area (Å²) in [7, 11) is 0. The lowest BCUT2D eigenvalue weighted by atomic mass is 9.43. The SMILES string of the molecule is CC(C)=C1C(OCC(F)(F)F)CC2(C)C1CCC1C2CCC2[C@H](C)CCCC12C.